The third-order valence-electron chi connectivity index (χ3n) is 5.81. The minimum atomic E-state index is 0.0936. The van der Waals surface area contributed by atoms with Gasteiger partial charge in [0.2, 0.25) is 0 Å². The van der Waals surface area contributed by atoms with E-state index in [-0.39, 0.29) is 5.78 Å². The normalized spacial score (nSPS) is 17.2. The summed E-state index contributed by atoms with van der Waals surface area (Å²) in [6.45, 7) is 3.70. The van der Waals surface area contributed by atoms with E-state index < -0.39 is 0 Å². The number of hydrogen-bond acceptors (Lipinski definition) is 3. The van der Waals surface area contributed by atoms with Gasteiger partial charge in [0, 0.05) is 35.5 Å². The predicted octanol–water partition coefficient (Wildman–Crippen LogP) is 5.19. The van der Waals surface area contributed by atoms with Gasteiger partial charge in [0.05, 0.1) is 11.3 Å². The molecular weight excluding hydrogens is 344 g/mol. The third kappa shape index (κ3) is 2.66. The molecule has 0 radical (unpaired) electrons. The minimum Gasteiger partial charge on any atom is -0.380 e. The molecule has 0 bridgehead atoms. The van der Waals surface area contributed by atoms with Crippen molar-refractivity contribution in [3.05, 3.63) is 100 Å². The van der Waals surface area contributed by atoms with Crippen LogP contribution in [0.4, 0.5) is 5.69 Å². The Labute approximate surface area is 165 Å². The number of nitrogens with one attached hydrogen (secondary N) is 1. The van der Waals surface area contributed by atoms with Crippen LogP contribution >= 0.6 is 0 Å². The van der Waals surface area contributed by atoms with Crippen molar-refractivity contribution in [3.63, 3.8) is 0 Å². The molecule has 0 saturated carbocycles. The molecule has 0 fully saturated rings. The lowest BCUT2D eigenvalue weighted by Crippen LogP contribution is -2.24. The first kappa shape index (κ1) is 16.9. The molecule has 0 spiro atoms. The summed E-state index contributed by atoms with van der Waals surface area (Å²) < 4.78 is 0. The molecule has 1 heterocycles. The molecule has 3 nitrogen and oxygen atoms in total. The van der Waals surface area contributed by atoms with Crippen LogP contribution in [0, 0.1) is 0 Å². The fraction of sp³-hybridized carbons (Fsp3) is 0.200. The largest absolute Gasteiger partial charge is 0.380 e. The summed E-state index contributed by atoms with van der Waals surface area (Å²) in [4.78, 5) is 18.4. The van der Waals surface area contributed by atoms with Crippen molar-refractivity contribution < 1.29 is 4.79 Å². The zero-order chi connectivity index (χ0) is 19.1. The number of anilines is 1. The van der Waals surface area contributed by atoms with Crippen LogP contribution in [0.15, 0.2) is 71.7 Å². The van der Waals surface area contributed by atoms with Crippen molar-refractivity contribution in [2.45, 2.75) is 25.8 Å². The van der Waals surface area contributed by atoms with E-state index >= 15 is 0 Å². The van der Waals surface area contributed by atoms with Gasteiger partial charge < -0.3 is 5.32 Å². The second-order valence-electron chi connectivity index (χ2n) is 7.59. The van der Waals surface area contributed by atoms with Crippen LogP contribution in [0.5, 0.6) is 0 Å². The minimum absolute atomic E-state index is 0.0936. The van der Waals surface area contributed by atoms with Gasteiger partial charge in [-0.15, -0.1) is 0 Å². The van der Waals surface area contributed by atoms with Crippen molar-refractivity contribution in [3.8, 4) is 0 Å². The fourth-order valence-corrected chi connectivity index (χ4v) is 4.33. The van der Waals surface area contributed by atoms with E-state index in [2.05, 4.69) is 30.4 Å². The molecule has 1 N–H and O–H groups in total. The zero-order valence-corrected chi connectivity index (χ0v) is 15.9. The van der Waals surface area contributed by atoms with Gasteiger partial charge in [-0.3, -0.25) is 9.79 Å². The van der Waals surface area contributed by atoms with E-state index in [9.17, 15) is 4.79 Å². The lowest BCUT2D eigenvalue weighted by Gasteiger charge is -2.25. The quantitative estimate of drug-likeness (QED) is 0.542. The van der Waals surface area contributed by atoms with Crippen LogP contribution in [0.25, 0.3) is 0 Å². The molecule has 138 valence electrons. The number of ketones is 1. The van der Waals surface area contributed by atoms with Crippen molar-refractivity contribution in [2.75, 3.05) is 11.9 Å². The molecule has 1 aliphatic heterocycles. The van der Waals surface area contributed by atoms with E-state index in [1.165, 1.54) is 11.1 Å². The van der Waals surface area contributed by atoms with Gasteiger partial charge in [0.15, 0.2) is 5.78 Å². The number of carbonyl (C=O) groups excluding carboxylic acids is 1. The summed E-state index contributed by atoms with van der Waals surface area (Å²) in [5.74, 6) is 0.501. The van der Waals surface area contributed by atoms with Crippen LogP contribution in [-0.4, -0.2) is 18.0 Å². The van der Waals surface area contributed by atoms with Gasteiger partial charge in [-0.05, 0) is 29.5 Å². The number of fused-ring (bicyclic) bond motifs is 2. The Balaban J connectivity index is 1.63. The van der Waals surface area contributed by atoms with Crippen LogP contribution < -0.4 is 5.32 Å². The summed E-state index contributed by atoms with van der Waals surface area (Å²) in [6.07, 6.45) is 1.01. The highest BCUT2D eigenvalue weighted by atomic mass is 16.1. The van der Waals surface area contributed by atoms with Crippen molar-refractivity contribution in [2.24, 2.45) is 4.99 Å². The second kappa shape index (κ2) is 6.75. The first-order chi connectivity index (χ1) is 13.7. The smallest absolute Gasteiger partial charge is 0.196 e. The van der Waals surface area contributed by atoms with Gasteiger partial charge in [-0.1, -0.05) is 67.6 Å². The third-order valence-corrected chi connectivity index (χ3v) is 5.81. The van der Waals surface area contributed by atoms with Gasteiger partial charge in [0.1, 0.15) is 0 Å². The number of nitrogens with zero attached hydrogens (tertiary/aromatic N) is 1. The highest BCUT2D eigenvalue weighted by Gasteiger charge is 2.33. The molecule has 1 atom stereocenters. The highest BCUT2D eigenvalue weighted by Crippen LogP contribution is 2.38. The zero-order valence-electron chi connectivity index (χ0n) is 15.9. The molecule has 1 aliphatic carbocycles. The summed E-state index contributed by atoms with van der Waals surface area (Å²) in [5, 5.41) is 3.48. The number of aliphatic imine (C=N–C) groups is 1. The number of hydrogen-bond donors (Lipinski definition) is 1. The maximum atomic E-state index is 13.5. The molecule has 1 unspecified atom stereocenters. The van der Waals surface area contributed by atoms with Gasteiger partial charge in [-0.25, -0.2) is 0 Å². The topological polar surface area (TPSA) is 41.5 Å². The lowest BCUT2D eigenvalue weighted by atomic mass is 9.78. The van der Waals surface area contributed by atoms with Crippen molar-refractivity contribution >= 4 is 17.2 Å². The van der Waals surface area contributed by atoms with Gasteiger partial charge >= 0.3 is 0 Å². The molecule has 3 heteroatoms. The average molecular weight is 366 g/mol. The Morgan fingerprint density at radius 1 is 0.929 bits per heavy atom. The van der Waals surface area contributed by atoms with E-state index in [4.69, 9.17) is 4.99 Å². The molecule has 0 amide bonds. The van der Waals surface area contributed by atoms with Gasteiger partial charge in [-0.2, -0.15) is 0 Å². The average Bonchev–Trinajstić information content (AvgIpc) is 2.91. The maximum Gasteiger partial charge on any atom is 0.196 e. The maximum absolute atomic E-state index is 13.5. The Morgan fingerprint density at radius 2 is 1.71 bits per heavy atom. The summed E-state index contributed by atoms with van der Waals surface area (Å²) in [6, 6.07) is 22.4. The Kier molecular flexibility index (Phi) is 4.09. The molecule has 3 aromatic carbocycles. The van der Waals surface area contributed by atoms with Crippen molar-refractivity contribution in [1.82, 2.24) is 0 Å². The van der Waals surface area contributed by atoms with E-state index in [1.807, 2.05) is 48.5 Å². The van der Waals surface area contributed by atoms with E-state index in [0.717, 1.165) is 46.6 Å². The van der Waals surface area contributed by atoms with Crippen LogP contribution in [0.2, 0.25) is 0 Å². The SMILES string of the molecule is CC1CCN=C2c3cccc(NCc4ccccc4)c3C(=O)c3cccc1c32. The molecular formula is C25H22N2O. The molecule has 5 rings (SSSR count). The number of carbonyl (C=O) groups is 1. The second-order valence-corrected chi connectivity index (χ2v) is 7.59. The Bertz CT molecular complexity index is 1100. The summed E-state index contributed by atoms with van der Waals surface area (Å²) >= 11 is 0. The molecule has 2 aliphatic rings. The molecule has 0 aromatic heterocycles. The van der Waals surface area contributed by atoms with Crippen LogP contribution in [-0.2, 0) is 6.54 Å². The van der Waals surface area contributed by atoms with Crippen molar-refractivity contribution in [1.29, 1.82) is 0 Å². The molecule has 0 saturated heterocycles. The fourth-order valence-electron chi connectivity index (χ4n) is 4.33. The van der Waals surface area contributed by atoms with Crippen LogP contribution in [0.3, 0.4) is 0 Å². The van der Waals surface area contributed by atoms with Gasteiger partial charge in [0.25, 0.3) is 0 Å². The van der Waals surface area contributed by atoms with E-state index in [0.29, 0.717) is 12.5 Å². The summed E-state index contributed by atoms with van der Waals surface area (Å²) in [5.41, 5.74) is 7.82. The Morgan fingerprint density at radius 3 is 2.57 bits per heavy atom. The predicted molar refractivity (Wildman–Crippen MR) is 114 cm³/mol. The lowest BCUT2D eigenvalue weighted by molar-refractivity contribution is 0.103. The highest BCUT2D eigenvalue weighted by molar-refractivity contribution is 6.32. The standard InChI is InChI=1S/C25H22N2O/c1-16-13-14-26-24-19-10-6-12-21(27-15-17-7-3-2-4-8-17)23(19)25(28)20-11-5-9-18(16)22(20)24/h2-12,16,27H,13-15H2,1H3. The monoisotopic (exact) mass is 366 g/mol. The summed E-state index contributed by atoms with van der Waals surface area (Å²) in [7, 11) is 0. The van der Waals surface area contributed by atoms with Crippen LogP contribution in [0.1, 0.15) is 57.4 Å². The molecule has 3 aromatic rings. The van der Waals surface area contributed by atoms with E-state index in [1.54, 1.807) is 0 Å². The Hall–Kier alpha value is -3.20. The number of benzene rings is 3. The molecule has 28 heavy (non-hydrogen) atoms. The first-order valence-electron chi connectivity index (χ1n) is 9.87. The number of rotatable bonds is 3. The first-order valence-corrected chi connectivity index (χ1v) is 9.87.